The van der Waals surface area contributed by atoms with E-state index in [0.29, 0.717) is 6.42 Å². The Morgan fingerprint density at radius 1 is 1.45 bits per heavy atom. The van der Waals surface area contributed by atoms with Gasteiger partial charge in [0.25, 0.3) is 0 Å². The van der Waals surface area contributed by atoms with Gasteiger partial charge in [-0.25, -0.2) is 4.39 Å². The first-order chi connectivity index (χ1) is 5.16. The van der Waals surface area contributed by atoms with Gasteiger partial charge in [0.15, 0.2) is 0 Å². The molecule has 0 unspecified atom stereocenters. The first-order valence-electron chi connectivity index (χ1n) is 4.18. The molecule has 0 aromatic carbocycles. The highest BCUT2D eigenvalue weighted by molar-refractivity contribution is 5.14. The third-order valence-corrected chi connectivity index (χ3v) is 1.42. The highest BCUT2D eigenvalue weighted by Crippen LogP contribution is 2.11. The first-order valence-corrected chi connectivity index (χ1v) is 4.18. The SMILES string of the molecule is C=C(C)/C=C(/F)CCCCC. The van der Waals surface area contributed by atoms with E-state index in [4.69, 9.17) is 0 Å². The van der Waals surface area contributed by atoms with Gasteiger partial charge in [-0.2, -0.15) is 0 Å². The van der Waals surface area contributed by atoms with Crippen LogP contribution in [-0.4, -0.2) is 0 Å². The molecule has 0 aliphatic heterocycles. The maximum Gasteiger partial charge on any atom is 0.100 e. The molecule has 0 aliphatic carbocycles. The van der Waals surface area contributed by atoms with Crippen LogP contribution < -0.4 is 0 Å². The lowest BCUT2D eigenvalue weighted by molar-refractivity contribution is 0.559. The molecule has 0 spiro atoms. The maximum atomic E-state index is 12.8. The highest BCUT2D eigenvalue weighted by Gasteiger charge is 1.93. The van der Waals surface area contributed by atoms with Crippen molar-refractivity contribution in [3.8, 4) is 0 Å². The Kier molecular flexibility index (Phi) is 5.81. The molecule has 0 nitrogen and oxygen atoms in total. The normalized spacial score (nSPS) is 11.7. The van der Waals surface area contributed by atoms with Gasteiger partial charge < -0.3 is 0 Å². The van der Waals surface area contributed by atoms with Crippen molar-refractivity contribution in [2.24, 2.45) is 0 Å². The van der Waals surface area contributed by atoms with Crippen LogP contribution in [0.4, 0.5) is 4.39 Å². The van der Waals surface area contributed by atoms with Gasteiger partial charge in [0.2, 0.25) is 0 Å². The third kappa shape index (κ3) is 7.31. The molecule has 11 heavy (non-hydrogen) atoms. The fourth-order valence-electron chi connectivity index (χ4n) is 0.883. The quantitative estimate of drug-likeness (QED) is 0.417. The van der Waals surface area contributed by atoms with E-state index in [1.165, 1.54) is 6.08 Å². The molecule has 0 aliphatic rings. The molecule has 0 amide bonds. The van der Waals surface area contributed by atoms with E-state index in [-0.39, 0.29) is 5.83 Å². The lowest BCUT2D eigenvalue weighted by atomic mass is 10.1. The molecule has 0 aromatic rings. The van der Waals surface area contributed by atoms with Crippen molar-refractivity contribution in [3.05, 3.63) is 24.1 Å². The van der Waals surface area contributed by atoms with Gasteiger partial charge in [0, 0.05) is 0 Å². The van der Waals surface area contributed by atoms with Crippen LogP contribution in [0.5, 0.6) is 0 Å². The minimum atomic E-state index is -0.0362. The average Bonchev–Trinajstić information content (AvgIpc) is 1.86. The second-order valence-electron chi connectivity index (χ2n) is 2.89. The van der Waals surface area contributed by atoms with E-state index in [2.05, 4.69) is 13.5 Å². The standard InChI is InChI=1S/C10H17F/c1-4-5-6-7-10(11)8-9(2)3/h8H,2,4-7H2,1,3H3/b10-8+. The molecular formula is C10H17F. The molecule has 0 radical (unpaired) electrons. The van der Waals surface area contributed by atoms with Crippen molar-refractivity contribution in [3.63, 3.8) is 0 Å². The molecule has 0 aromatic heterocycles. The molecule has 0 saturated carbocycles. The molecule has 0 N–H and O–H groups in total. The van der Waals surface area contributed by atoms with E-state index in [9.17, 15) is 4.39 Å². The summed E-state index contributed by atoms with van der Waals surface area (Å²) in [5, 5.41) is 0. The summed E-state index contributed by atoms with van der Waals surface area (Å²) in [4.78, 5) is 0. The average molecular weight is 156 g/mol. The van der Waals surface area contributed by atoms with Gasteiger partial charge in [-0.1, -0.05) is 31.9 Å². The first kappa shape index (κ1) is 10.4. The summed E-state index contributed by atoms with van der Waals surface area (Å²) in [5.41, 5.74) is 0.791. The smallest absolute Gasteiger partial charge is 0.100 e. The molecule has 1 heteroatoms. The summed E-state index contributed by atoms with van der Waals surface area (Å²) < 4.78 is 12.8. The number of allylic oxidation sites excluding steroid dienone is 3. The predicted octanol–water partition coefficient (Wildman–Crippen LogP) is 4.00. The Bertz CT molecular complexity index is 145. The second-order valence-corrected chi connectivity index (χ2v) is 2.89. The van der Waals surface area contributed by atoms with Crippen LogP contribution in [-0.2, 0) is 0 Å². The Morgan fingerprint density at radius 3 is 2.55 bits per heavy atom. The van der Waals surface area contributed by atoms with Crippen molar-refractivity contribution < 1.29 is 4.39 Å². The summed E-state index contributed by atoms with van der Waals surface area (Å²) in [6, 6.07) is 0. The van der Waals surface area contributed by atoms with Crippen LogP contribution in [0, 0.1) is 0 Å². The van der Waals surface area contributed by atoms with E-state index in [1.807, 2.05) is 0 Å². The number of halogens is 1. The van der Waals surface area contributed by atoms with Crippen LogP contribution in [0.25, 0.3) is 0 Å². The monoisotopic (exact) mass is 156 g/mol. The predicted molar refractivity (Wildman–Crippen MR) is 48.1 cm³/mol. The Hall–Kier alpha value is -0.590. The molecule has 0 rings (SSSR count). The Morgan fingerprint density at radius 2 is 2.09 bits per heavy atom. The fourth-order valence-corrected chi connectivity index (χ4v) is 0.883. The summed E-state index contributed by atoms with van der Waals surface area (Å²) in [7, 11) is 0. The maximum absolute atomic E-state index is 12.8. The second kappa shape index (κ2) is 6.14. The Labute approximate surface area is 68.8 Å². The molecule has 0 atom stereocenters. The topological polar surface area (TPSA) is 0 Å². The van der Waals surface area contributed by atoms with E-state index in [0.717, 1.165) is 24.8 Å². The van der Waals surface area contributed by atoms with Crippen LogP contribution in [0.1, 0.15) is 39.5 Å². The van der Waals surface area contributed by atoms with Gasteiger partial charge in [-0.15, -0.1) is 0 Å². The number of unbranched alkanes of at least 4 members (excludes halogenated alkanes) is 2. The van der Waals surface area contributed by atoms with E-state index in [1.54, 1.807) is 6.92 Å². The zero-order chi connectivity index (χ0) is 8.69. The van der Waals surface area contributed by atoms with Crippen molar-refractivity contribution in [2.75, 3.05) is 0 Å². The van der Waals surface area contributed by atoms with Gasteiger partial charge in [0.05, 0.1) is 0 Å². The van der Waals surface area contributed by atoms with Gasteiger partial charge in [0.1, 0.15) is 5.83 Å². The van der Waals surface area contributed by atoms with Crippen LogP contribution in [0.2, 0.25) is 0 Å². The summed E-state index contributed by atoms with van der Waals surface area (Å²) in [5.74, 6) is -0.0362. The molecule has 64 valence electrons. The summed E-state index contributed by atoms with van der Waals surface area (Å²) in [6.45, 7) is 7.52. The van der Waals surface area contributed by atoms with Crippen LogP contribution in [0.3, 0.4) is 0 Å². The van der Waals surface area contributed by atoms with Gasteiger partial charge in [-0.05, 0) is 25.8 Å². The number of rotatable bonds is 5. The highest BCUT2D eigenvalue weighted by atomic mass is 19.1. The van der Waals surface area contributed by atoms with Crippen molar-refractivity contribution in [2.45, 2.75) is 39.5 Å². The van der Waals surface area contributed by atoms with Gasteiger partial charge in [-0.3, -0.25) is 0 Å². The minimum absolute atomic E-state index is 0.0362. The van der Waals surface area contributed by atoms with Crippen LogP contribution in [0.15, 0.2) is 24.1 Å². The van der Waals surface area contributed by atoms with Crippen molar-refractivity contribution in [1.82, 2.24) is 0 Å². The van der Waals surface area contributed by atoms with Crippen molar-refractivity contribution >= 4 is 0 Å². The molecule has 0 heterocycles. The number of hydrogen-bond donors (Lipinski definition) is 0. The zero-order valence-electron chi connectivity index (χ0n) is 7.49. The summed E-state index contributed by atoms with van der Waals surface area (Å²) in [6.07, 6.45) is 5.28. The zero-order valence-corrected chi connectivity index (χ0v) is 7.49. The minimum Gasteiger partial charge on any atom is -0.212 e. The lowest BCUT2D eigenvalue weighted by Gasteiger charge is -1.95. The van der Waals surface area contributed by atoms with E-state index >= 15 is 0 Å². The molecule has 0 bridgehead atoms. The number of hydrogen-bond acceptors (Lipinski definition) is 0. The van der Waals surface area contributed by atoms with Gasteiger partial charge >= 0.3 is 0 Å². The molecular weight excluding hydrogens is 139 g/mol. The molecule has 0 fully saturated rings. The molecule has 0 saturated heterocycles. The summed E-state index contributed by atoms with van der Waals surface area (Å²) >= 11 is 0. The van der Waals surface area contributed by atoms with Crippen molar-refractivity contribution in [1.29, 1.82) is 0 Å². The van der Waals surface area contributed by atoms with E-state index < -0.39 is 0 Å². The largest absolute Gasteiger partial charge is 0.212 e. The third-order valence-electron chi connectivity index (χ3n) is 1.42. The van der Waals surface area contributed by atoms with Crippen LogP contribution >= 0.6 is 0 Å². The Balaban J connectivity index is 3.51. The fraction of sp³-hybridized carbons (Fsp3) is 0.600. The lowest BCUT2D eigenvalue weighted by Crippen LogP contribution is -1.77.